The van der Waals surface area contributed by atoms with Crippen LogP contribution >= 0.6 is 11.6 Å². The number of anilines is 1. The average Bonchev–Trinajstić information content (AvgIpc) is 2.97. The van der Waals surface area contributed by atoms with Gasteiger partial charge in [0.05, 0.1) is 0 Å². The number of hydrogen-bond acceptors (Lipinski definition) is 4. The van der Waals surface area contributed by atoms with Gasteiger partial charge in [0.2, 0.25) is 5.95 Å². The second-order valence-corrected chi connectivity index (χ2v) is 3.88. The van der Waals surface area contributed by atoms with Crippen molar-refractivity contribution >= 4 is 29.1 Å². The molecule has 0 aliphatic heterocycles. The predicted molar refractivity (Wildman–Crippen MR) is 64.7 cm³/mol. The summed E-state index contributed by atoms with van der Waals surface area (Å²) in [6.07, 6.45) is 1.75. The maximum atomic E-state index is 11.8. The van der Waals surface area contributed by atoms with Gasteiger partial charge in [0.15, 0.2) is 16.6 Å². The lowest BCUT2D eigenvalue weighted by Crippen LogP contribution is -2.13. The van der Waals surface area contributed by atoms with E-state index in [9.17, 15) is 4.79 Å². The Morgan fingerprint density at radius 2 is 2.17 bits per heavy atom. The Hall–Kier alpha value is -2.34. The molecule has 0 atom stereocenters. The molecule has 0 aliphatic rings. The lowest BCUT2D eigenvalue weighted by molar-refractivity contribution is 0.0995. The van der Waals surface area contributed by atoms with Crippen LogP contribution in [-0.4, -0.2) is 20.5 Å². The zero-order valence-corrected chi connectivity index (χ0v) is 9.76. The molecule has 0 aliphatic carbocycles. The Labute approximate surface area is 106 Å². The quantitative estimate of drug-likeness (QED) is 0.769. The van der Waals surface area contributed by atoms with Gasteiger partial charge in [0.1, 0.15) is 0 Å². The molecule has 3 aromatic heterocycles. The van der Waals surface area contributed by atoms with Gasteiger partial charge >= 0.3 is 0 Å². The molecule has 18 heavy (non-hydrogen) atoms. The average molecular weight is 263 g/mol. The van der Waals surface area contributed by atoms with E-state index in [-0.39, 0.29) is 11.0 Å². The smallest absolute Gasteiger partial charge is 0.293 e. The molecule has 1 amide bonds. The molecule has 0 aromatic carbocycles. The van der Waals surface area contributed by atoms with Gasteiger partial charge in [-0.25, -0.2) is 0 Å². The number of aromatic nitrogens is 3. The minimum absolute atomic E-state index is 0.118. The minimum Gasteiger partial charge on any atom is -0.440 e. The van der Waals surface area contributed by atoms with E-state index in [0.717, 1.165) is 0 Å². The molecule has 3 rings (SSSR count). The molecule has 0 bridgehead atoms. The molecule has 90 valence electrons. The van der Waals surface area contributed by atoms with Crippen molar-refractivity contribution in [2.24, 2.45) is 0 Å². The first kappa shape index (κ1) is 10.8. The number of rotatable bonds is 2. The van der Waals surface area contributed by atoms with Crippen LogP contribution in [0.3, 0.4) is 0 Å². The predicted octanol–water partition coefficient (Wildman–Crippen LogP) is 2.23. The molecule has 3 aromatic rings. The summed E-state index contributed by atoms with van der Waals surface area (Å²) in [5, 5.41) is 10.5. The maximum Gasteiger partial charge on any atom is 0.293 e. The summed E-state index contributed by atoms with van der Waals surface area (Å²) in [6.45, 7) is 0. The van der Waals surface area contributed by atoms with Crippen molar-refractivity contribution in [2.45, 2.75) is 0 Å². The van der Waals surface area contributed by atoms with Gasteiger partial charge in [-0.1, -0.05) is 6.07 Å². The number of fused-ring (bicyclic) bond motifs is 1. The first-order chi connectivity index (χ1) is 8.74. The number of carbonyl (C=O) groups excluding carboxylic acids is 1. The third-order valence-electron chi connectivity index (χ3n) is 2.34. The molecule has 7 heteroatoms. The van der Waals surface area contributed by atoms with Gasteiger partial charge in [-0.3, -0.25) is 14.5 Å². The Bertz CT molecular complexity index is 718. The van der Waals surface area contributed by atoms with Crippen LogP contribution < -0.4 is 5.32 Å². The third-order valence-corrected chi connectivity index (χ3v) is 2.54. The summed E-state index contributed by atoms with van der Waals surface area (Å²) in [5.74, 6) is 0.0101. The fraction of sp³-hybridized carbons (Fsp3) is 0. The molecule has 3 heterocycles. The molecule has 6 nitrogen and oxygen atoms in total. The van der Waals surface area contributed by atoms with Crippen molar-refractivity contribution < 1.29 is 9.21 Å². The van der Waals surface area contributed by atoms with E-state index in [2.05, 4.69) is 15.5 Å². The zero-order chi connectivity index (χ0) is 12.5. The van der Waals surface area contributed by atoms with Gasteiger partial charge in [0.25, 0.3) is 5.91 Å². The van der Waals surface area contributed by atoms with Crippen molar-refractivity contribution in [1.29, 1.82) is 0 Å². The zero-order valence-electron chi connectivity index (χ0n) is 9.00. The Kier molecular flexibility index (Phi) is 2.49. The Morgan fingerprint density at radius 1 is 1.28 bits per heavy atom. The highest BCUT2D eigenvalue weighted by atomic mass is 35.5. The van der Waals surface area contributed by atoms with Crippen LogP contribution in [0, 0.1) is 0 Å². The summed E-state index contributed by atoms with van der Waals surface area (Å²) in [6, 6.07) is 8.42. The van der Waals surface area contributed by atoms with Gasteiger partial charge in [0, 0.05) is 6.20 Å². The third kappa shape index (κ3) is 1.82. The number of nitrogens with one attached hydrogen (secondary N) is 1. The van der Waals surface area contributed by atoms with E-state index >= 15 is 0 Å². The SMILES string of the molecule is O=C(Nc1nnc2ccccn12)c1ccc(Cl)o1. The van der Waals surface area contributed by atoms with Crippen LogP contribution in [0.5, 0.6) is 0 Å². The van der Waals surface area contributed by atoms with E-state index in [4.69, 9.17) is 16.0 Å². The number of pyridine rings is 1. The number of amides is 1. The first-order valence-electron chi connectivity index (χ1n) is 5.10. The number of hydrogen-bond donors (Lipinski definition) is 1. The second-order valence-electron chi connectivity index (χ2n) is 3.51. The largest absolute Gasteiger partial charge is 0.440 e. The number of halogens is 1. The van der Waals surface area contributed by atoms with Crippen molar-refractivity contribution in [3.05, 3.63) is 47.5 Å². The second kappa shape index (κ2) is 4.15. The molecular weight excluding hydrogens is 256 g/mol. The lowest BCUT2D eigenvalue weighted by Gasteiger charge is -2.00. The molecule has 1 N–H and O–H groups in total. The maximum absolute atomic E-state index is 11.8. The van der Waals surface area contributed by atoms with Gasteiger partial charge in [-0.15, -0.1) is 10.2 Å². The molecule has 0 saturated heterocycles. The van der Waals surface area contributed by atoms with Crippen LogP contribution in [0.4, 0.5) is 5.95 Å². The number of nitrogens with zero attached hydrogens (tertiary/aromatic N) is 3. The first-order valence-corrected chi connectivity index (χ1v) is 5.48. The summed E-state index contributed by atoms with van der Waals surface area (Å²) < 4.78 is 6.66. The van der Waals surface area contributed by atoms with Crippen molar-refractivity contribution in [3.8, 4) is 0 Å². The van der Waals surface area contributed by atoms with E-state index in [1.165, 1.54) is 12.1 Å². The summed E-state index contributed by atoms with van der Waals surface area (Å²) >= 11 is 5.60. The van der Waals surface area contributed by atoms with Crippen LogP contribution in [-0.2, 0) is 0 Å². The van der Waals surface area contributed by atoms with Gasteiger partial charge in [-0.05, 0) is 35.9 Å². The monoisotopic (exact) mass is 262 g/mol. The molecule has 0 spiro atoms. The fourth-order valence-electron chi connectivity index (χ4n) is 1.53. The summed E-state index contributed by atoms with van der Waals surface area (Å²) in [4.78, 5) is 11.8. The normalized spacial score (nSPS) is 10.7. The van der Waals surface area contributed by atoms with Crippen molar-refractivity contribution in [2.75, 3.05) is 5.32 Å². The van der Waals surface area contributed by atoms with Gasteiger partial charge < -0.3 is 4.42 Å². The Balaban J connectivity index is 1.90. The Morgan fingerprint density at radius 3 is 2.94 bits per heavy atom. The van der Waals surface area contributed by atoms with Crippen LogP contribution in [0.1, 0.15) is 10.6 Å². The highest BCUT2D eigenvalue weighted by Crippen LogP contribution is 2.15. The topological polar surface area (TPSA) is 72.4 Å². The lowest BCUT2D eigenvalue weighted by atomic mass is 10.4. The summed E-state index contributed by atoms with van der Waals surface area (Å²) in [7, 11) is 0. The van der Waals surface area contributed by atoms with Crippen molar-refractivity contribution in [3.63, 3.8) is 0 Å². The molecule has 0 saturated carbocycles. The standard InChI is InChI=1S/C11H7ClN4O2/c12-8-5-4-7(18-8)10(17)13-11-15-14-9-3-1-2-6-16(9)11/h1-6H,(H,13,15,17). The highest BCUT2D eigenvalue weighted by molar-refractivity contribution is 6.29. The van der Waals surface area contributed by atoms with Gasteiger partial charge in [-0.2, -0.15) is 0 Å². The van der Waals surface area contributed by atoms with Crippen LogP contribution in [0.25, 0.3) is 5.65 Å². The highest BCUT2D eigenvalue weighted by Gasteiger charge is 2.13. The molecular formula is C11H7ClN4O2. The van der Waals surface area contributed by atoms with E-state index in [0.29, 0.717) is 11.6 Å². The fourth-order valence-corrected chi connectivity index (χ4v) is 1.67. The number of carbonyl (C=O) groups is 1. The molecule has 0 unspecified atom stereocenters. The van der Waals surface area contributed by atoms with Crippen molar-refractivity contribution in [1.82, 2.24) is 14.6 Å². The molecule has 0 fully saturated rings. The molecule has 0 radical (unpaired) electrons. The van der Waals surface area contributed by atoms with E-state index in [1.54, 1.807) is 16.7 Å². The van der Waals surface area contributed by atoms with E-state index < -0.39 is 5.91 Å². The summed E-state index contributed by atoms with van der Waals surface area (Å²) in [5.41, 5.74) is 0.644. The van der Waals surface area contributed by atoms with Crippen LogP contribution in [0.2, 0.25) is 5.22 Å². The van der Waals surface area contributed by atoms with Crippen LogP contribution in [0.15, 0.2) is 40.9 Å². The number of furan rings is 1. The minimum atomic E-state index is -0.431. The van der Waals surface area contributed by atoms with E-state index in [1.807, 2.05) is 12.1 Å².